The van der Waals surface area contributed by atoms with E-state index in [4.69, 9.17) is 16.3 Å². The minimum atomic E-state index is -0.458. The van der Waals surface area contributed by atoms with Crippen molar-refractivity contribution in [1.82, 2.24) is 5.32 Å². The first-order valence-electron chi connectivity index (χ1n) is 5.12. The number of anilines is 1. The van der Waals surface area contributed by atoms with Crippen LogP contribution in [0, 0.1) is 0 Å². The number of hydrogen-bond donors (Lipinski definition) is 2. The summed E-state index contributed by atoms with van der Waals surface area (Å²) < 4.78 is 4.93. The molecule has 1 aromatic rings. The zero-order valence-electron chi connectivity index (χ0n) is 9.13. The van der Waals surface area contributed by atoms with Crippen molar-refractivity contribution in [2.24, 2.45) is 0 Å². The van der Waals surface area contributed by atoms with Crippen molar-refractivity contribution in [3.63, 3.8) is 0 Å². The topological polar surface area (TPSA) is 50.4 Å². The molecule has 1 aromatic carbocycles. The van der Waals surface area contributed by atoms with Crippen molar-refractivity contribution in [3.05, 3.63) is 29.3 Å². The first-order valence-corrected chi connectivity index (χ1v) is 5.50. The Balaban J connectivity index is 2.26. The fourth-order valence-electron chi connectivity index (χ4n) is 1.08. The van der Waals surface area contributed by atoms with Crippen LogP contribution in [0.5, 0.6) is 0 Å². The number of rotatable bonds is 5. The van der Waals surface area contributed by atoms with E-state index in [0.717, 1.165) is 6.54 Å². The molecule has 0 saturated heterocycles. The molecule has 2 N–H and O–H groups in total. The summed E-state index contributed by atoms with van der Waals surface area (Å²) in [4.78, 5) is 11.3. The third-order valence-corrected chi connectivity index (χ3v) is 2.10. The Hall–Kier alpha value is -1.26. The summed E-state index contributed by atoms with van der Waals surface area (Å²) >= 11 is 5.71. The second-order valence-electron chi connectivity index (χ2n) is 3.12. The summed E-state index contributed by atoms with van der Waals surface area (Å²) in [5, 5.41) is 6.28. The Morgan fingerprint density at radius 2 is 2.06 bits per heavy atom. The van der Waals surface area contributed by atoms with Crippen molar-refractivity contribution >= 4 is 23.4 Å². The number of hydrogen-bond acceptors (Lipinski definition) is 3. The quantitative estimate of drug-likeness (QED) is 0.780. The zero-order chi connectivity index (χ0) is 11.8. The van der Waals surface area contributed by atoms with Gasteiger partial charge in [0.05, 0.1) is 0 Å². The highest BCUT2D eigenvalue weighted by atomic mass is 35.5. The van der Waals surface area contributed by atoms with Crippen LogP contribution in [0.3, 0.4) is 0 Å². The maximum atomic E-state index is 11.3. The van der Waals surface area contributed by atoms with Crippen molar-refractivity contribution in [1.29, 1.82) is 0 Å². The van der Waals surface area contributed by atoms with Crippen LogP contribution in [0.2, 0.25) is 5.02 Å². The fourth-order valence-corrected chi connectivity index (χ4v) is 1.21. The Labute approximate surface area is 99.9 Å². The van der Waals surface area contributed by atoms with Gasteiger partial charge in [0.25, 0.3) is 0 Å². The summed E-state index contributed by atoms with van der Waals surface area (Å²) in [6, 6.07) is 6.84. The van der Waals surface area contributed by atoms with Crippen LogP contribution in [0.1, 0.15) is 6.92 Å². The predicted molar refractivity (Wildman–Crippen MR) is 65.0 cm³/mol. The summed E-state index contributed by atoms with van der Waals surface area (Å²) in [6.07, 6.45) is -0.458. The van der Waals surface area contributed by atoms with E-state index in [1.54, 1.807) is 24.3 Å². The average Bonchev–Trinajstić information content (AvgIpc) is 2.28. The monoisotopic (exact) mass is 242 g/mol. The molecule has 0 saturated carbocycles. The van der Waals surface area contributed by atoms with E-state index in [1.165, 1.54) is 0 Å². The molecule has 0 unspecified atom stereocenters. The number of amides is 1. The van der Waals surface area contributed by atoms with E-state index in [1.807, 2.05) is 6.92 Å². The highest BCUT2D eigenvalue weighted by Gasteiger charge is 2.01. The smallest absolute Gasteiger partial charge is 0.411 e. The normalized spacial score (nSPS) is 9.88. The maximum Gasteiger partial charge on any atom is 0.411 e. The van der Waals surface area contributed by atoms with Crippen LogP contribution in [0.4, 0.5) is 10.5 Å². The average molecular weight is 243 g/mol. The number of carbonyl (C=O) groups excluding carboxylic acids is 1. The SMILES string of the molecule is CCNCCOC(=O)Nc1ccc(Cl)cc1. The standard InChI is InChI=1S/C11H15ClN2O2/c1-2-13-7-8-16-11(15)14-10-5-3-9(12)4-6-10/h3-6,13H,2,7-8H2,1H3,(H,14,15). The minimum Gasteiger partial charge on any atom is -0.448 e. The third kappa shape index (κ3) is 5.00. The van der Waals surface area contributed by atoms with Gasteiger partial charge < -0.3 is 10.1 Å². The van der Waals surface area contributed by atoms with Gasteiger partial charge in [0.15, 0.2) is 0 Å². The molecule has 4 nitrogen and oxygen atoms in total. The van der Waals surface area contributed by atoms with E-state index >= 15 is 0 Å². The molecule has 1 rings (SSSR count). The van der Waals surface area contributed by atoms with Crippen molar-refractivity contribution in [2.75, 3.05) is 25.0 Å². The summed E-state index contributed by atoms with van der Waals surface area (Å²) in [6.45, 7) is 3.87. The molecule has 16 heavy (non-hydrogen) atoms. The predicted octanol–water partition coefficient (Wildman–Crippen LogP) is 2.50. The molecular formula is C11H15ClN2O2. The highest BCUT2D eigenvalue weighted by molar-refractivity contribution is 6.30. The summed E-state index contributed by atoms with van der Waals surface area (Å²) in [5.41, 5.74) is 0.665. The van der Waals surface area contributed by atoms with Gasteiger partial charge in [-0.25, -0.2) is 4.79 Å². The van der Waals surface area contributed by atoms with E-state index < -0.39 is 6.09 Å². The number of carbonyl (C=O) groups is 1. The van der Waals surface area contributed by atoms with Crippen molar-refractivity contribution in [3.8, 4) is 0 Å². The Kier molecular flexibility index (Phi) is 5.67. The molecule has 1 amide bonds. The van der Waals surface area contributed by atoms with Crippen LogP contribution in [-0.4, -0.2) is 25.8 Å². The number of halogens is 1. The molecule has 0 heterocycles. The molecule has 0 radical (unpaired) electrons. The van der Waals surface area contributed by atoms with Crippen LogP contribution in [-0.2, 0) is 4.74 Å². The van der Waals surface area contributed by atoms with Crippen LogP contribution >= 0.6 is 11.6 Å². The van der Waals surface area contributed by atoms with Gasteiger partial charge in [0.1, 0.15) is 6.61 Å². The molecular weight excluding hydrogens is 228 g/mol. The van der Waals surface area contributed by atoms with Gasteiger partial charge in [-0.15, -0.1) is 0 Å². The van der Waals surface area contributed by atoms with Crippen LogP contribution in [0.25, 0.3) is 0 Å². The molecule has 0 spiro atoms. The lowest BCUT2D eigenvalue weighted by Crippen LogP contribution is -2.23. The van der Waals surface area contributed by atoms with Gasteiger partial charge in [0, 0.05) is 17.3 Å². The number of likely N-dealkylation sites (N-methyl/N-ethyl adjacent to an activating group) is 1. The molecule has 0 aromatic heterocycles. The van der Waals surface area contributed by atoms with Crippen LogP contribution in [0.15, 0.2) is 24.3 Å². The van der Waals surface area contributed by atoms with Gasteiger partial charge in [0.2, 0.25) is 0 Å². The largest absolute Gasteiger partial charge is 0.448 e. The number of nitrogens with one attached hydrogen (secondary N) is 2. The molecule has 88 valence electrons. The Morgan fingerprint density at radius 3 is 2.69 bits per heavy atom. The minimum absolute atomic E-state index is 0.354. The fraction of sp³-hybridized carbons (Fsp3) is 0.364. The second kappa shape index (κ2) is 7.09. The van der Waals surface area contributed by atoms with Gasteiger partial charge in [-0.2, -0.15) is 0 Å². The van der Waals surface area contributed by atoms with E-state index in [2.05, 4.69) is 10.6 Å². The second-order valence-corrected chi connectivity index (χ2v) is 3.56. The highest BCUT2D eigenvalue weighted by Crippen LogP contribution is 2.13. The first kappa shape index (κ1) is 12.8. The Morgan fingerprint density at radius 1 is 1.38 bits per heavy atom. The van der Waals surface area contributed by atoms with E-state index in [0.29, 0.717) is 23.9 Å². The molecule has 0 atom stereocenters. The number of benzene rings is 1. The molecule has 0 bridgehead atoms. The van der Waals surface area contributed by atoms with Gasteiger partial charge >= 0.3 is 6.09 Å². The maximum absolute atomic E-state index is 11.3. The summed E-state index contributed by atoms with van der Waals surface area (Å²) in [7, 11) is 0. The number of ether oxygens (including phenoxy) is 1. The van der Waals surface area contributed by atoms with E-state index in [-0.39, 0.29) is 0 Å². The van der Waals surface area contributed by atoms with Crippen LogP contribution < -0.4 is 10.6 Å². The third-order valence-electron chi connectivity index (χ3n) is 1.85. The van der Waals surface area contributed by atoms with Gasteiger partial charge in [-0.3, -0.25) is 5.32 Å². The lowest BCUT2D eigenvalue weighted by molar-refractivity contribution is 0.162. The first-order chi connectivity index (χ1) is 7.72. The van der Waals surface area contributed by atoms with E-state index in [9.17, 15) is 4.79 Å². The molecule has 0 fully saturated rings. The molecule has 0 aliphatic carbocycles. The summed E-state index contributed by atoms with van der Waals surface area (Å²) in [5.74, 6) is 0. The van der Waals surface area contributed by atoms with Gasteiger partial charge in [-0.1, -0.05) is 18.5 Å². The lowest BCUT2D eigenvalue weighted by atomic mass is 10.3. The molecule has 0 aliphatic heterocycles. The molecule has 5 heteroatoms. The van der Waals surface area contributed by atoms with Crippen molar-refractivity contribution < 1.29 is 9.53 Å². The zero-order valence-corrected chi connectivity index (χ0v) is 9.88. The van der Waals surface area contributed by atoms with Gasteiger partial charge in [-0.05, 0) is 30.8 Å². The van der Waals surface area contributed by atoms with Crippen molar-refractivity contribution in [2.45, 2.75) is 6.92 Å². The molecule has 0 aliphatic rings. The Bertz CT molecular complexity index is 327. The lowest BCUT2D eigenvalue weighted by Gasteiger charge is -2.07.